The number of hydrogen-bond acceptors (Lipinski definition) is 5. The monoisotopic (exact) mass is 303 g/mol. The first kappa shape index (κ1) is 26.7. The van der Waals surface area contributed by atoms with Crippen molar-refractivity contribution in [1.29, 1.82) is 0 Å². The van der Waals surface area contributed by atoms with E-state index in [9.17, 15) is 19.1 Å². The summed E-state index contributed by atoms with van der Waals surface area (Å²) in [6.45, 7) is -0.0672. The minimum atomic E-state index is -5.55. The molecule has 0 aromatic rings. The van der Waals surface area contributed by atoms with Gasteiger partial charge in [0.2, 0.25) is 5.08 Å². The third-order valence-corrected chi connectivity index (χ3v) is 5.46. The third kappa shape index (κ3) is 6.80. The molecular formula is C6H20NNaO7P2. The Labute approximate surface area is 123 Å². The fraction of sp³-hybridized carbons (Fsp3) is 1.00. The van der Waals surface area contributed by atoms with E-state index in [0.29, 0.717) is 0 Å². The SMILES string of the molecule is C.C.NCCCC(O)(P(=O)([O-])O)P(=O)(O)O.[Na+]. The van der Waals surface area contributed by atoms with E-state index >= 15 is 0 Å². The van der Waals surface area contributed by atoms with Crippen molar-refractivity contribution in [2.24, 2.45) is 5.73 Å². The number of aliphatic hydroxyl groups is 1. The number of nitrogens with two attached hydrogens (primary N) is 1. The Balaban J connectivity index is -0.000000282. The molecule has 8 nitrogen and oxygen atoms in total. The Morgan fingerprint density at radius 2 is 1.53 bits per heavy atom. The molecule has 0 amide bonds. The second-order valence-electron chi connectivity index (χ2n) is 2.73. The van der Waals surface area contributed by atoms with Crippen molar-refractivity contribution >= 4 is 15.2 Å². The van der Waals surface area contributed by atoms with Crippen LogP contribution in [0.3, 0.4) is 0 Å². The van der Waals surface area contributed by atoms with E-state index in [2.05, 4.69) is 0 Å². The van der Waals surface area contributed by atoms with Crippen LogP contribution in [0.1, 0.15) is 27.7 Å². The van der Waals surface area contributed by atoms with Crippen molar-refractivity contribution in [3.63, 3.8) is 0 Å². The second-order valence-corrected chi connectivity index (χ2v) is 6.69. The molecule has 0 bridgehead atoms. The molecule has 0 aromatic carbocycles. The van der Waals surface area contributed by atoms with Crippen LogP contribution in [0.15, 0.2) is 0 Å². The first-order valence-electron chi connectivity index (χ1n) is 3.58. The normalized spacial score (nSPS) is 17.5. The van der Waals surface area contributed by atoms with Crippen LogP contribution >= 0.6 is 15.2 Å². The molecule has 0 aliphatic carbocycles. The standard InChI is InChI=1S/C4H13NO7P2.2CH4.Na/c5-3-1-2-4(6,13(7,8)9)14(10,11)12;;;/h6H,1-3,5H2,(H2,7,8,9)(H2,10,11,12);2*1H4;/q;;;+1/p-1. The molecule has 102 valence electrons. The summed E-state index contributed by atoms with van der Waals surface area (Å²) >= 11 is 0. The van der Waals surface area contributed by atoms with Gasteiger partial charge in [-0.05, 0) is 19.4 Å². The summed E-state index contributed by atoms with van der Waals surface area (Å²) in [4.78, 5) is 36.3. The molecule has 0 heterocycles. The van der Waals surface area contributed by atoms with Gasteiger partial charge in [0.1, 0.15) is 0 Å². The quantitative estimate of drug-likeness (QED) is 0.256. The van der Waals surface area contributed by atoms with Gasteiger partial charge in [-0.3, -0.25) is 4.57 Å². The van der Waals surface area contributed by atoms with Gasteiger partial charge in [-0.1, -0.05) is 14.9 Å². The van der Waals surface area contributed by atoms with Crippen molar-refractivity contribution in [2.75, 3.05) is 6.54 Å². The summed E-state index contributed by atoms with van der Waals surface area (Å²) in [6.07, 6.45) is -0.959. The van der Waals surface area contributed by atoms with Crippen LogP contribution in [0.25, 0.3) is 0 Å². The molecule has 0 aliphatic heterocycles. The van der Waals surface area contributed by atoms with Gasteiger partial charge in [-0.15, -0.1) is 0 Å². The number of hydrogen-bond donors (Lipinski definition) is 5. The topological polar surface area (TPSA) is 164 Å². The molecule has 0 saturated heterocycles. The van der Waals surface area contributed by atoms with Crippen LogP contribution < -0.4 is 40.2 Å². The molecule has 0 aromatic heterocycles. The van der Waals surface area contributed by atoms with Crippen molar-refractivity contribution in [3.8, 4) is 0 Å². The smallest absolute Gasteiger partial charge is 0.776 e. The fourth-order valence-corrected chi connectivity index (χ4v) is 3.00. The van der Waals surface area contributed by atoms with Crippen molar-refractivity contribution in [1.82, 2.24) is 0 Å². The molecule has 6 N–H and O–H groups in total. The molecule has 0 saturated carbocycles. The van der Waals surface area contributed by atoms with Crippen LogP contribution in [-0.4, -0.2) is 31.4 Å². The molecule has 2 atom stereocenters. The van der Waals surface area contributed by atoms with E-state index in [1.807, 2.05) is 0 Å². The molecular weight excluding hydrogens is 283 g/mol. The summed E-state index contributed by atoms with van der Waals surface area (Å²) in [7, 11) is -10.9. The average molecular weight is 303 g/mol. The van der Waals surface area contributed by atoms with Crippen molar-refractivity contribution in [3.05, 3.63) is 0 Å². The molecule has 0 spiro atoms. The zero-order chi connectivity index (χ0) is 11.6. The number of rotatable bonds is 5. The van der Waals surface area contributed by atoms with E-state index in [4.69, 9.17) is 20.4 Å². The van der Waals surface area contributed by atoms with Gasteiger partial charge in [0.15, 0.2) is 7.60 Å². The van der Waals surface area contributed by atoms with Crippen LogP contribution in [-0.2, 0) is 9.13 Å². The minimum Gasteiger partial charge on any atom is -0.776 e. The molecule has 0 rings (SSSR count). The summed E-state index contributed by atoms with van der Waals surface area (Å²) < 4.78 is 21.3. The molecule has 0 radical (unpaired) electrons. The van der Waals surface area contributed by atoms with Crippen LogP contribution in [0.5, 0.6) is 0 Å². The third-order valence-electron chi connectivity index (χ3n) is 1.64. The van der Waals surface area contributed by atoms with Gasteiger partial charge in [0.25, 0.3) is 0 Å². The van der Waals surface area contributed by atoms with Gasteiger partial charge in [-0.2, -0.15) is 0 Å². The van der Waals surface area contributed by atoms with Gasteiger partial charge in [0, 0.05) is 0 Å². The Bertz CT molecular complexity index is 266. The Morgan fingerprint density at radius 3 is 1.71 bits per heavy atom. The van der Waals surface area contributed by atoms with Crippen LogP contribution in [0.2, 0.25) is 0 Å². The fourth-order valence-electron chi connectivity index (χ4n) is 0.791. The van der Waals surface area contributed by atoms with Crippen LogP contribution in [0, 0.1) is 0 Å². The first-order chi connectivity index (χ1) is 6.06. The predicted molar refractivity (Wildman–Crippen MR) is 58.6 cm³/mol. The van der Waals surface area contributed by atoms with Crippen molar-refractivity contribution in [2.45, 2.75) is 32.8 Å². The largest absolute Gasteiger partial charge is 1.00 e. The summed E-state index contributed by atoms with van der Waals surface area (Å²) in [5.41, 5.74) is 4.98. The van der Waals surface area contributed by atoms with Gasteiger partial charge in [-0.25, -0.2) is 0 Å². The maximum absolute atomic E-state index is 10.7. The zero-order valence-electron chi connectivity index (χ0n) is 8.11. The molecule has 0 fully saturated rings. The summed E-state index contributed by atoms with van der Waals surface area (Å²) in [5.74, 6) is 0. The second kappa shape index (κ2) is 9.18. The maximum Gasteiger partial charge on any atom is 1.00 e. The molecule has 0 aliphatic rings. The van der Waals surface area contributed by atoms with Gasteiger partial charge in [0.05, 0.1) is 0 Å². The van der Waals surface area contributed by atoms with Gasteiger partial charge < -0.3 is 35.0 Å². The van der Waals surface area contributed by atoms with E-state index in [1.54, 1.807) is 0 Å². The van der Waals surface area contributed by atoms with E-state index in [-0.39, 0.29) is 57.4 Å². The van der Waals surface area contributed by atoms with E-state index in [0.717, 1.165) is 0 Å². The van der Waals surface area contributed by atoms with Crippen molar-refractivity contribution < 1.29 is 63.4 Å². The summed E-state index contributed by atoms with van der Waals surface area (Å²) in [6, 6.07) is 0. The maximum atomic E-state index is 10.7. The molecule has 17 heavy (non-hydrogen) atoms. The predicted octanol–water partition coefficient (Wildman–Crippen LogP) is -3.63. The molecule has 2 unspecified atom stereocenters. The minimum absolute atomic E-state index is 0. The first-order valence-corrected chi connectivity index (χ1v) is 6.77. The zero-order valence-corrected chi connectivity index (χ0v) is 11.9. The average Bonchev–Trinajstić information content (AvgIpc) is 1.95. The van der Waals surface area contributed by atoms with Gasteiger partial charge >= 0.3 is 37.2 Å². The van der Waals surface area contributed by atoms with E-state index < -0.39 is 26.7 Å². The summed E-state index contributed by atoms with van der Waals surface area (Å²) in [5, 5.41) is 5.74. The Hall–Kier alpha value is 1.22. The van der Waals surface area contributed by atoms with Crippen LogP contribution in [0.4, 0.5) is 0 Å². The molecule has 11 heteroatoms. The Morgan fingerprint density at radius 1 is 1.18 bits per heavy atom. The van der Waals surface area contributed by atoms with E-state index in [1.165, 1.54) is 0 Å². The Kier molecular flexibility index (Phi) is 14.4.